The number of aryl methyl sites for hydroxylation is 1. The van der Waals surface area contributed by atoms with Crippen molar-refractivity contribution in [1.29, 1.82) is 0 Å². The molecule has 0 saturated heterocycles. The van der Waals surface area contributed by atoms with Gasteiger partial charge in [0.15, 0.2) is 11.5 Å². The Balaban J connectivity index is 1.81. The van der Waals surface area contributed by atoms with Gasteiger partial charge in [-0.3, -0.25) is 0 Å². The molecule has 1 aromatic carbocycles. The normalized spacial score (nSPS) is 13.3. The quantitative estimate of drug-likeness (QED) is 0.754. The predicted octanol–water partition coefficient (Wildman–Crippen LogP) is 3.17. The van der Waals surface area contributed by atoms with Gasteiger partial charge in [-0.05, 0) is 50.8 Å². The van der Waals surface area contributed by atoms with E-state index in [4.69, 9.17) is 0 Å². The molecule has 0 spiro atoms. The highest BCUT2D eigenvalue weighted by Gasteiger charge is 2.31. The Hall–Kier alpha value is -2.68. The van der Waals surface area contributed by atoms with E-state index in [2.05, 4.69) is 20.6 Å². The standard InChI is InChI=1S/C17H19F3N6/c1-11-22-23-16-8-7-15(24-26(11)16)21-10-14(25(2)3)12-5-4-6-13(9-12)17(18,19)20/h4-9,14H,10H2,1-3H3,(H,21,24). The van der Waals surface area contributed by atoms with Crippen molar-refractivity contribution < 1.29 is 13.2 Å². The third kappa shape index (κ3) is 3.77. The zero-order chi connectivity index (χ0) is 18.9. The van der Waals surface area contributed by atoms with Crippen LogP contribution < -0.4 is 5.32 Å². The summed E-state index contributed by atoms with van der Waals surface area (Å²) in [6.45, 7) is 2.19. The summed E-state index contributed by atoms with van der Waals surface area (Å²) in [6.07, 6.45) is -4.36. The highest BCUT2D eigenvalue weighted by atomic mass is 19.4. The molecule has 26 heavy (non-hydrogen) atoms. The molecule has 0 radical (unpaired) electrons. The molecule has 6 nitrogen and oxygen atoms in total. The van der Waals surface area contributed by atoms with Gasteiger partial charge in [-0.25, -0.2) is 0 Å². The summed E-state index contributed by atoms with van der Waals surface area (Å²) in [4.78, 5) is 1.87. The minimum atomic E-state index is -4.36. The van der Waals surface area contributed by atoms with Crippen molar-refractivity contribution in [3.8, 4) is 0 Å². The average molecular weight is 364 g/mol. The summed E-state index contributed by atoms with van der Waals surface area (Å²) < 4.78 is 40.6. The van der Waals surface area contributed by atoms with Gasteiger partial charge in [-0.1, -0.05) is 12.1 Å². The van der Waals surface area contributed by atoms with Gasteiger partial charge in [-0.15, -0.1) is 15.3 Å². The predicted molar refractivity (Wildman–Crippen MR) is 91.9 cm³/mol. The van der Waals surface area contributed by atoms with Crippen LogP contribution in [0.25, 0.3) is 5.65 Å². The second-order valence-electron chi connectivity index (χ2n) is 6.22. The number of halogens is 3. The lowest BCUT2D eigenvalue weighted by Gasteiger charge is -2.26. The topological polar surface area (TPSA) is 58.4 Å². The molecule has 3 aromatic rings. The number of benzene rings is 1. The average Bonchev–Trinajstić information content (AvgIpc) is 2.95. The fourth-order valence-electron chi connectivity index (χ4n) is 2.71. The lowest BCUT2D eigenvalue weighted by atomic mass is 10.0. The van der Waals surface area contributed by atoms with Crippen LogP contribution in [0.5, 0.6) is 0 Å². The Labute approximate surface area is 148 Å². The maximum atomic E-state index is 13.0. The number of rotatable bonds is 5. The van der Waals surface area contributed by atoms with E-state index in [0.29, 0.717) is 29.4 Å². The van der Waals surface area contributed by atoms with Crippen molar-refractivity contribution in [2.75, 3.05) is 26.0 Å². The van der Waals surface area contributed by atoms with Crippen LogP contribution in [0.15, 0.2) is 36.4 Å². The number of likely N-dealkylation sites (N-methyl/N-ethyl adjacent to an activating group) is 1. The second kappa shape index (κ2) is 6.91. The largest absolute Gasteiger partial charge is 0.416 e. The summed E-state index contributed by atoms with van der Waals surface area (Å²) in [7, 11) is 3.65. The lowest BCUT2D eigenvalue weighted by Crippen LogP contribution is -2.27. The fraction of sp³-hybridized carbons (Fsp3) is 0.353. The first kappa shape index (κ1) is 18.1. The molecule has 0 aliphatic rings. The SMILES string of the molecule is Cc1nnc2ccc(NCC(c3cccc(C(F)(F)F)c3)N(C)C)nn12. The summed E-state index contributed by atoms with van der Waals surface area (Å²) in [6, 6.07) is 8.69. The van der Waals surface area contributed by atoms with E-state index >= 15 is 0 Å². The summed E-state index contributed by atoms with van der Waals surface area (Å²) >= 11 is 0. The molecular formula is C17H19F3N6. The highest BCUT2D eigenvalue weighted by Crippen LogP contribution is 2.31. The number of fused-ring (bicyclic) bond motifs is 1. The number of nitrogens with one attached hydrogen (secondary N) is 1. The molecule has 2 heterocycles. The molecule has 3 rings (SSSR count). The fourth-order valence-corrected chi connectivity index (χ4v) is 2.71. The molecule has 0 fully saturated rings. The van der Waals surface area contributed by atoms with Crippen molar-refractivity contribution >= 4 is 11.5 Å². The van der Waals surface area contributed by atoms with Crippen LogP contribution in [0.4, 0.5) is 19.0 Å². The van der Waals surface area contributed by atoms with Crippen molar-refractivity contribution in [1.82, 2.24) is 24.7 Å². The maximum absolute atomic E-state index is 13.0. The molecule has 1 N–H and O–H groups in total. The molecule has 1 unspecified atom stereocenters. The number of aromatic nitrogens is 4. The Morgan fingerprint density at radius 3 is 2.62 bits per heavy atom. The molecule has 0 bridgehead atoms. The van der Waals surface area contributed by atoms with Crippen LogP contribution >= 0.6 is 0 Å². The Morgan fingerprint density at radius 1 is 1.15 bits per heavy atom. The number of alkyl halides is 3. The van der Waals surface area contributed by atoms with E-state index in [1.54, 1.807) is 29.6 Å². The van der Waals surface area contributed by atoms with Crippen molar-refractivity contribution in [2.24, 2.45) is 0 Å². The van der Waals surface area contributed by atoms with Crippen LogP contribution in [0, 0.1) is 6.92 Å². The first-order valence-corrected chi connectivity index (χ1v) is 8.02. The van der Waals surface area contributed by atoms with Gasteiger partial charge < -0.3 is 10.2 Å². The van der Waals surface area contributed by atoms with Crippen LogP contribution in [0.1, 0.15) is 23.0 Å². The first-order valence-electron chi connectivity index (χ1n) is 8.02. The third-order valence-electron chi connectivity index (χ3n) is 4.12. The monoisotopic (exact) mass is 364 g/mol. The van der Waals surface area contributed by atoms with E-state index < -0.39 is 11.7 Å². The molecule has 1 atom stereocenters. The zero-order valence-corrected chi connectivity index (χ0v) is 14.6. The molecule has 9 heteroatoms. The Kier molecular flexibility index (Phi) is 4.82. The molecular weight excluding hydrogens is 345 g/mol. The van der Waals surface area contributed by atoms with E-state index in [0.717, 1.165) is 6.07 Å². The van der Waals surface area contributed by atoms with Crippen LogP contribution in [0.3, 0.4) is 0 Å². The third-order valence-corrected chi connectivity index (χ3v) is 4.12. The Morgan fingerprint density at radius 2 is 1.92 bits per heavy atom. The van der Waals surface area contributed by atoms with E-state index in [1.165, 1.54) is 12.1 Å². The number of hydrogen-bond donors (Lipinski definition) is 1. The van der Waals surface area contributed by atoms with Gasteiger partial charge in [0.05, 0.1) is 11.6 Å². The second-order valence-corrected chi connectivity index (χ2v) is 6.22. The maximum Gasteiger partial charge on any atom is 0.416 e. The van der Waals surface area contributed by atoms with Gasteiger partial charge in [-0.2, -0.15) is 17.7 Å². The smallest absolute Gasteiger partial charge is 0.367 e. The molecule has 0 amide bonds. The van der Waals surface area contributed by atoms with Gasteiger partial charge in [0, 0.05) is 6.54 Å². The molecule has 0 aliphatic carbocycles. The molecule has 0 saturated carbocycles. The van der Waals surface area contributed by atoms with Gasteiger partial charge >= 0.3 is 6.18 Å². The van der Waals surface area contributed by atoms with Gasteiger partial charge in [0.25, 0.3) is 0 Å². The van der Waals surface area contributed by atoms with Crippen molar-refractivity contribution in [3.05, 3.63) is 53.3 Å². The number of nitrogens with zero attached hydrogens (tertiary/aromatic N) is 5. The molecule has 2 aromatic heterocycles. The minimum absolute atomic E-state index is 0.253. The zero-order valence-electron chi connectivity index (χ0n) is 14.6. The lowest BCUT2D eigenvalue weighted by molar-refractivity contribution is -0.137. The summed E-state index contributed by atoms with van der Waals surface area (Å²) in [5, 5.41) is 15.5. The van der Waals surface area contributed by atoms with E-state index in [1.807, 2.05) is 19.0 Å². The minimum Gasteiger partial charge on any atom is -0.367 e. The summed E-state index contributed by atoms with van der Waals surface area (Å²) in [5.41, 5.74) is 0.565. The highest BCUT2D eigenvalue weighted by molar-refractivity contribution is 5.44. The molecule has 0 aliphatic heterocycles. The summed E-state index contributed by atoms with van der Waals surface area (Å²) in [5.74, 6) is 1.25. The van der Waals surface area contributed by atoms with Crippen LogP contribution in [-0.4, -0.2) is 45.4 Å². The number of hydrogen-bond acceptors (Lipinski definition) is 5. The number of anilines is 1. The Bertz CT molecular complexity index is 903. The van der Waals surface area contributed by atoms with E-state index in [9.17, 15) is 13.2 Å². The van der Waals surface area contributed by atoms with Gasteiger partial charge in [0.1, 0.15) is 5.82 Å². The van der Waals surface area contributed by atoms with Crippen molar-refractivity contribution in [3.63, 3.8) is 0 Å². The van der Waals surface area contributed by atoms with Crippen molar-refractivity contribution in [2.45, 2.75) is 19.1 Å². The molecule has 138 valence electrons. The van der Waals surface area contributed by atoms with Crippen LogP contribution in [0.2, 0.25) is 0 Å². The van der Waals surface area contributed by atoms with Crippen LogP contribution in [-0.2, 0) is 6.18 Å². The first-order chi connectivity index (χ1) is 12.3. The van der Waals surface area contributed by atoms with Gasteiger partial charge in [0.2, 0.25) is 0 Å². The van der Waals surface area contributed by atoms with E-state index in [-0.39, 0.29) is 6.04 Å².